The highest BCUT2D eigenvalue weighted by molar-refractivity contribution is 8.14. The van der Waals surface area contributed by atoms with Crippen LogP contribution in [0.2, 0.25) is 0 Å². The van der Waals surface area contributed by atoms with Gasteiger partial charge in [0.2, 0.25) is 0 Å². The van der Waals surface area contributed by atoms with Crippen molar-refractivity contribution in [2.45, 2.75) is 57.1 Å². The van der Waals surface area contributed by atoms with E-state index >= 15 is 0 Å². The molecule has 2 heterocycles. The zero-order valence-electron chi connectivity index (χ0n) is 9.69. The maximum absolute atomic E-state index is 5.52. The minimum absolute atomic E-state index is 0.285. The van der Waals surface area contributed by atoms with Crippen molar-refractivity contribution < 1.29 is 4.74 Å². The fraction of sp³-hybridized carbons (Fsp3) is 0.909. The first kappa shape index (κ1) is 11.3. The molecule has 15 heavy (non-hydrogen) atoms. The normalized spacial score (nSPS) is 44.3. The van der Waals surface area contributed by atoms with Gasteiger partial charge in [0, 0.05) is 17.9 Å². The molecular formula is C11H20N2OS. The first-order valence-electron chi connectivity index (χ1n) is 5.77. The second-order valence-electron chi connectivity index (χ2n) is 4.58. The van der Waals surface area contributed by atoms with Gasteiger partial charge in [0.1, 0.15) is 0 Å². The van der Waals surface area contributed by atoms with E-state index < -0.39 is 0 Å². The van der Waals surface area contributed by atoms with E-state index in [1.165, 1.54) is 6.42 Å². The van der Waals surface area contributed by atoms with Crippen molar-refractivity contribution in [2.75, 3.05) is 6.61 Å². The van der Waals surface area contributed by atoms with Crippen molar-refractivity contribution in [3.8, 4) is 0 Å². The van der Waals surface area contributed by atoms with Gasteiger partial charge >= 0.3 is 0 Å². The highest BCUT2D eigenvalue weighted by Crippen LogP contribution is 2.25. The molecule has 0 spiro atoms. The van der Waals surface area contributed by atoms with E-state index in [1.54, 1.807) is 0 Å². The minimum atomic E-state index is 0.285. The van der Waals surface area contributed by atoms with E-state index in [9.17, 15) is 0 Å². The Bertz CT molecular complexity index is 245. The minimum Gasteiger partial charge on any atom is -0.376 e. The van der Waals surface area contributed by atoms with Gasteiger partial charge in [0.05, 0.1) is 12.1 Å². The summed E-state index contributed by atoms with van der Waals surface area (Å²) in [7, 11) is 0. The van der Waals surface area contributed by atoms with Crippen LogP contribution in [0.1, 0.15) is 33.6 Å². The average Bonchev–Trinajstić information content (AvgIpc) is 2.50. The summed E-state index contributed by atoms with van der Waals surface area (Å²) in [4.78, 5) is 4.76. The van der Waals surface area contributed by atoms with Gasteiger partial charge in [-0.2, -0.15) is 0 Å². The Labute approximate surface area is 96.1 Å². The molecule has 0 aromatic carbocycles. The Hall–Kier alpha value is -0.220. The molecular weight excluding hydrogens is 208 g/mol. The topological polar surface area (TPSA) is 33.6 Å². The predicted molar refractivity (Wildman–Crippen MR) is 65.5 cm³/mol. The van der Waals surface area contributed by atoms with Gasteiger partial charge < -0.3 is 10.1 Å². The van der Waals surface area contributed by atoms with Gasteiger partial charge in [-0.05, 0) is 26.7 Å². The molecule has 0 saturated carbocycles. The lowest BCUT2D eigenvalue weighted by Gasteiger charge is -2.27. The lowest BCUT2D eigenvalue weighted by atomic mass is 10.2. The molecule has 3 nitrogen and oxygen atoms in total. The maximum atomic E-state index is 5.52. The lowest BCUT2D eigenvalue weighted by Crippen LogP contribution is -2.39. The van der Waals surface area contributed by atoms with E-state index in [-0.39, 0.29) is 6.10 Å². The number of nitrogens with one attached hydrogen (secondary N) is 1. The molecule has 4 atom stereocenters. The first-order valence-corrected chi connectivity index (χ1v) is 6.65. The van der Waals surface area contributed by atoms with Crippen molar-refractivity contribution in [3.63, 3.8) is 0 Å². The van der Waals surface area contributed by atoms with E-state index in [4.69, 9.17) is 9.73 Å². The molecule has 4 heteroatoms. The van der Waals surface area contributed by atoms with Crippen LogP contribution in [0.25, 0.3) is 0 Å². The quantitative estimate of drug-likeness (QED) is 0.745. The summed E-state index contributed by atoms with van der Waals surface area (Å²) in [5.41, 5.74) is 0. The third kappa shape index (κ3) is 2.88. The van der Waals surface area contributed by atoms with Crippen molar-refractivity contribution in [3.05, 3.63) is 0 Å². The highest BCUT2D eigenvalue weighted by Gasteiger charge is 2.26. The van der Waals surface area contributed by atoms with Gasteiger partial charge in [0.15, 0.2) is 5.17 Å². The van der Waals surface area contributed by atoms with Gasteiger partial charge in [-0.3, -0.25) is 4.99 Å². The summed E-state index contributed by atoms with van der Waals surface area (Å²) in [6.45, 7) is 7.47. The van der Waals surface area contributed by atoms with Crippen LogP contribution >= 0.6 is 11.8 Å². The van der Waals surface area contributed by atoms with Gasteiger partial charge in [-0.15, -0.1) is 0 Å². The predicted octanol–water partition coefficient (Wildman–Crippen LogP) is 2.02. The number of nitrogens with zero attached hydrogens (tertiary/aromatic N) is 1. The summed E-state index contributed by atoms with van der Waals surface area (Å²) < 4.78 is 5.52. The van der Waals surface area contributed by atoms with Gasteiger partial charge in [0.25, 0.3) is 0 Å². The number of amidine groups is 1. The molecule has 86 valence electrons. The van der Waals surface area contributed by atoms with Crippen LogP contribution in [-0.4, -0.2) is 35.2 Å². The standard InChI is InChI=1S/C11H20N2OS/c1-7-6-8(2)15-11(12-7)13-10-4-5-14-9(10)3/h7-10H,4-6H2,1-3H3,(H,12,13). The van der Waals surface area contributed by atoms with Crippen LogP contribution in [0, 0.1) is 0 Å². The van der Waals surface area contributed by atoms with Crippen molar-refractivity contribution in [1.82, 2.24) is 5.32 Å². The average molecular weight is 228 g/mol. The van der Waals surface area contributed by atoms with E-state index in [0.29, 0.717) is 17.3 Å². The summed E-state index contributed by atoms with van der Waals surface area (Å²) in [5.74, 6) is 0. The van der Waals surface area contributed by atoms with Gasteiger partial charge in [-0.25, -0.2) is 0 Å². The number of ether oxygens (including phenoxy) is 1. The maximum Gasteiger partial charge on any atom is 0.157 e. The first-order chi connectivity index (χ1) is 7.15. The number of aliphatic imine (C=N–C) groups is 1. The molecule has 0 amide bonds. The Morgan fingerprint density at radius 1 is 1.40 bits per heavy atom. The van der Waals surface area contributed by atoms with Gasteiger partial charge in [-0.1, -0.05) is 18.7 Å². The number of thioether (sulfide) groups is 1. The van der Waals surface area contributed by atoms with Crippen LogP contribution in [-0.2, 0) is 4.74 Å². The molecule has 1 N–H and O–H groups in total. The third-order valence-electron chi connectivity index (χ3n) is 2.99. The van der Waals surface area contributed by atoms with Crippen LogP contribution in [0.3, 0.4) is 0 Å². The molecule has 2 rings (SSSR count). The monoisotopic (exact) mass is 228 g/mol. The van der Waals surface area contributed by atoms with Crippen molar-refractivity contribution >= 4 is 16.9 Å². The molecule has 0 aromatic heterocycles. The molecule has 2 fully saturated rings. The van der Waals surface area contributed by atoms with Crippen LogP contribution in [0.15, 0.2) is 4.99 Å². The molecule has 2 aliphatic rings. The van der Waals surface area contributed by atoms with Crippen LogP contribution in [0.5, 0.6) is 0 Å². The Balaban J connectivity index is 1.99. The highest BCUT2D eigenvalue weighted by atomic mass is 32.2. The molecule has 0 aliphatic carbocycles. The number of rotatable bonds is 1. The smallest absolute Gasteiger partial charge is 0.157 e. The zero-order valence-corrected chi connectivity index (χ0v) is 10.5. The number of hydrogen-bond acceptors (Lipinski definition) is 3. The van der Waals surface area contributed by atoms with Crippen LogP contribution < -0.4 is 5.32 Å². The fourth-order valence-corrected chi connectivity index (χ4v) is 3.38. The molecule has 4 unspecified atom stereocenters. The Kier molecular flexibility index (Phi) is 3.57. The molecule has 2 aliphatic heterocycles. The molecule has 0 bridgehead atoms. The van der Waals surface area contributed by atoms with E-state index in [2.05, 4.69) is 26.1 Å². The lowest BCUT2D eigenvalue weighted by molar-refractivity contribution is 0.119. The summed E-state index contributed by atoms with van der Waals surface area (Å²) in [5, 5.41) is 5.24. The van der Waals surface area contributed by atoms with E-state index in [1.807, 2.05) is 11.8 Å². The molecule has 0 aromatic rings. The third-order valence-corrected chi connectivity index (χ3v) is 4.03. The second-order valence-corrected chi connectivity index (χ2v) is 6.00. The summed E-state index contributed by atoms with van der Waals surface area (Å²) in [6, 6.07) is 0.912. The van der Waals surface area contributed by atoms with Crippen molar-refractivity contribution in [1.29, 1.82) is 0 Å². The fourth-order valence-electron chi connectivity index (χ4n) is 2.15. The largest absolute Gasteiger partial charge is 0.376 e. The Morgan fingerprint density at radius 2 is 2.20 bits per heavy atom. The summed E-state index contributed by atoms with van der Waals surface area (Å²) in [6.07, 6.45) is 2.57. The van der Waals surface area contributed by atoms with Crippen LogP contribution in [0.4, 0.5) is 0 Å². The second kappa shape index (κ2) is 4.74. The van der Waals surface area contributed by atoms with E-state index in [0.717, 1.165) is 18.2 Å². The SMILES string of the molecule is CC1CC(C)SC(=NC2CCOC2C)N1. The zero-order chi connectivity index (χ0) is 10.8. The molecule has 2 saturated heterocycles. The number of hydrogen-bond donors (Lipinski definition) is 1. The Morgan fingerprint density at radius 3 is 2.80 bits per heavy atom. The summed E-state index contributed by atoms with van der Waals surface area (Å²) >= 11 is 1.86. The molecule has 0 radical (unpaired) electrons. The van der Waals surface area contributed by atoms with Crippen molar-refractivity contribution in [2.24, 2.45) is 4.99 Å².